The second-order valence-corrected chi connectivity index (χ2v) is 6.47. The van der Waals surface area contributed by atoms with E-state index in [-0.39, 0.29) is 24.1 Å². The summed E-state index contributed by atoms with van der Waals surface area (Å²) in [6.45, 7) is 3.86. The topological polar surface area (TPSA) is 49.9 Å². The molecule has 1 saturated heterocycles. The molecule has 5 nitrogen and oxygen atoms in total. The van der Waals surface area contributed by atoms with Gasteiger partial charge in [0.15, 0.2) is 0 Å². The van der Waals surface area contributed by atoms with E-state index in [1.54, 1.807) is 37.1 Å². The summed E-state index contributed by atoms with van der Waals surface area (Å²) in [5, 5.41) is 0. The Hall–Kier alpha value is -2.89. The zero-order chi connectivity index (χ0) is 18.8. The lowest BCUT2D eigenvalue weighted by atomic mass is 10.1. The number of halogens is 1. The number of amides is 2. The Morgan fingerprint density at radius 3 is 2.69 bits per heavy atom. The minimum absolute atomic E-state index is 0.00918. The van der Waals surface area contributed by atoms with Crippen molar-refractivity contribution in [3.8, 4) is 5.75 Å². The van der Waals surface area contributed by atoms with Crippen molar-refractivity contribution in [1.29, 1.82) is 0 Å². The van der Waals surface area contributed by atoms with Crippen molar-refractivity contribution in [2.75, 3.05) is 25.1 Å². The molecule has 1 aliphatic rings. The van der Waals surface area contributed by atoms with Crippen LogP contribution in [0.2, 0.25) is 0 Å². The SMILES string of the molecule is COc1cccc(N2C[C@@H](C)N(C(=O)c3ccc(C)cc3F)CC2=O)c1. The highest BCUT2D eigenvalue weighted by Gasteiger charge is 2.34. The van der Waals surface area contributed by atoms with E-state index >= 15 is 0 Å². The van der Waals surface area contributed by atoms with Crippen LogP contribution in [0, 0.1) is 12.7 Å². The van der Waals surface area contributed by atoms with Crippen molar-refractivity contribution < 1.29 is 18.7 Å². The number of hydrogen-bond acceptors (Lipinski definition) is 3. The molecule has 0 aromatic heterocycles. The Morgan fingerprint density at radius 2 is 2.00 bits per heavy atom. The maximum absolute atomic E-state index is 14.1. The number of ether oxygens (including phenoxy) is 1. The standard InChI is InChI=1S/C20H21FN2O3/c1-13-7-8-17(18(21)9-13)20(25)22-12-19(24)23(11-14(22)2)15-5-4-6-16(10-15)26-3/h4-10,14H,11-12H2,1-3H3/t14-/m1/s1. The van der Waals surface area contributed by atoms with Gasteiger partial charge in [0.25, 0.3) is 5.91 Å². The van der Waals surface area contributed by atoms with Gasteiger partial charge >= 0.3 is 0 Å². The summed E-state index contributed by atoms with van der Waals surface area (Å²) in [6, 6.07) is 11.5. The number of nitrogens with zero attached hydrogens (tertiary/aromatic N) is 2. The monoisotopic (exact) mass is 356 g/mol. The molecule has 2 aromatic rings. The van der Waals surface area contributed by atoms with Crippen LogP contribution in [0.3, 0.4) is 0 Å². The van der Waals surface area contributed by atoms with Gasteiger partial charge in [-0.15, -0.1) is 0 Å². The number of benzene rings is 2. The summed E-state index contributed by atoms with van der Waals surface area (Å²) in [7, 11) is 1.57. The average molecular weight is 356 g/mol. The summed E-state index contributed by atoms with van der Waals surface area (Å²) in [4.78, 5) is 28.4. The maximum Gasteiger partial charge on any atom is 0.257 e. The Bertz CT molecular complexity index is 853. The molecule has 136 valence electrons. The Balaban J connectivity index is 1.81. The molecule has 0 saturated carbocycles. The van der Waals surface area contributed by atoms with Crippen LogP contribution in [0.15, 0.2) is 42.5 Å². The van der Waals surface area contributed by atoms with Gasteiger partial charge < -0.3 is 14.5 Å². The van der Waals surface area contributed by atoms with Gasteiger partial charge in [0, 0.05) is 24.3 Å². The van der Waals surface area contributed by atoms with Crippen molar-refractivity contribution in [3.05, 3.63) is 59.4 Å². The molecule has 1 heterocycles. The van der Waals surface area contributed by atoms with Crippen LogP contribution in [0.4, 0.5) is 10.1 Å². The van der Waals surface area contributed by atoms with Crippen LogP contribution in [0.5, 0.6) is 5.75 Å². The first kappa shape index (κ1) is 17.9. The second-order valence-electron chi connectivity index (χ2n) is 6.47. The molecular weight excluding hydrogens is 335 g/mol. The molecule has 3 rings (SSSR count). The minimum Gasteiger partial charge on any atom is -0.497 e. The largest absolute Gasteiger partial charge is 0.497 e. The zero-order valence-electron chi connectivity index (χ0n) is 15.0. The number of carbonyl (C=O) groups is 2. The maximum atomic E-state index is 14.1. The van der Waals surface area contributed by atoms with Crippen LogP contribution in [-0.2, 0) is 4.79 Å². The van der Waals surface area contributed by atoms with E-state index in [1.165, 1.54) is 17.0 Å². The van der Waals surface area contributed by atoms with E-state index in [4.69, 9.17) is 4.74 Å². The predicted molar refractivity (Wildman–Crippen MR) is 97.0 cm³/mol. The molecule has 26 heavy (non-hydrogen) atoms. The van der Waals surface area contributed by atoms with E-state index in [9.17, 15) is 14.0 Å². The zero-order valence-corrected chi connectivity index (χ0v) is 15.0. The van der Waals surface area contributed by atoms with E-state index < -0.39 is 11.7 Å². The number of anilines is 1. The van der Waals surface area contributed by atoms with Gasteiger partial charge in [-0.3, -0.25) is 9.59 Å². The fraction of sp³-hybridized carbons (Fsp3) is 0.300. The van der Waals surface area contributed by atoms with Crippen molar-refractivity contribution >= 4 is 17.5 Å². The molecule has 6 heteroatoms. The van der Waals surface area contributed by atoms with E-state index in [1.807, 2.05) is 19.1 Å². The number of rotatable bonds is 3. The molecule has 2 aromatic carbocycles. The lowest BCUT2D eigenvalue weighted by Gasteiger charge is -2.39. The average Bonchev–Trinajstić information content (AvgIpc) is 2.63. The number of hydrogen-bond donors (Lipinski definition) is 0. The molecule has 1 aliphatic heterocycles. The van der Waals surface area contributed by atoms with Crippen molar-refractivity contribution in [2.24, 2.45) is 0 Å². The molecule has 0 N–H and O–H groups in total. The third-order valence-corrected chi connectivity index (χ3v) is 4.57. The van der Waals surface area contributed by atoms with Crippen LogP contribution in [-0.4, -0.2) is 43.0 Å². The summed E-state index contributed by atoms with van der Waals surface area (Å²) in [6.07, 6.45) is 0. The molecular formula is C20H21FN2O3. The number of piperazine rings is 1. The highest BCUT2D eigenvalue weighted by Crippen LogP contribution is 2.25. The van der Waals surface area contributed by atoms with Gasteiger partial charge in [-0.05, 0) is 43.7 Å². The Labute approximate surface area is 152 Å². The molecule has 0 spiro atoms. The van der Waals surface area contributed by atoms with Crippen molar-refractivity contribution in [3.63, 3.8) is 0 Å². The van der Waals surface area contributed by atoms with Gasteiger partial charge in [0.2, 0.25) is 5.91 Å². The first-order valence-electron chi connectivity index (χ1n) is 8.42. The normalized spacial score (nSPS) is 17.4. The van der Waals surface area contributed by atoms with Crippen LogP contribution < -0.4 is 9.64 Å². The minimum atomic E-state index is -0.565. The number of methoxy groups -OCH3 is 1. The van der Waals surface area contributed by atoms with Gasteiger partial charge in [-0.1, -0.05) is 12.1 Å². The van der Waals surface area contributed by atoms with E-state index in [0.717, 1.165) is 11.3 Å². The first-order valence-corrected chi connectivity index (χ1v) is 8.42. The second kappa shape index (κ2) is 7.15. The summed E-state index contributed by atoms with van der Waals surface area (Å²) in [5.74, 6) is -0.584. The highest BCUT2D eigenvalue weighted by atomic mass is 19.1. The fourth-order valence-corrected chi connectivity index (χ4v) is 3.10. The lowest BCUT2D eigenvalue weighted by Crippen LogP contribution is -2.57. The smallest absolute Gasteiger partial charge is 0.257 e. The summed E-state index contributed by atoms with van der Waals surface area (Å²) < 4.78 is 19.4. The first-order chi connectivity index (χ1) is 12.4. The van der Waals surface area contributed by atoms with E-state index in [0.29, 0.717) is 12.3 Å². The van der Waals surface area contributed by atoms with Crippen molar-refractivity contribution in [2.45, 2.75) is 19.9 Å². The summed E-state index contributed by atoms with van der Waals surface area (Å²) >= 11 is 0. The Kier molecular flexibility index (Phi) is 4.93. The molecule has 0 radical (unpaired) electrons. The molecule has 1 atom stereocenters. The third kappa shape index (κ3) is 3.40. The van der Waals surface area contributed by atoms with Gasteiger partial charge in [0.1, 0.15) is 18.1 Å². The Morgan fingerprint density at radius 1 is 1.23 bits per heavy atom. The predicted octanol–water partition coefficient (Wildman–Crippen LogP) is 3.02. The van der Waals surface area contributed by atoms with Gasteiger partial charge in [-0.25, -0.2) is 4.39 Å². The fourth-order valence-electron chi connectivity index (χ4n) is 3.10. The van der Waals surface area contributed by atoms with Crippen LogP contribution in [0.1, 0.15) is 22.8 Å². The number of carbonyl (C=O) groups excluding carboxylic acids is 2. The summed E-state index contributed by atoms with van der Waals surface area (Å²) in [5.41, 5.74) is 1.45. The third-order valence-electron chi connectivity index (χ3n) is 4.57. The van der Waals surface area contributed by atoms with Gasteiger partial charge in [0.05, 0.1) is 12.7 Å². The molecule has 1 fully saturated rings. The lowest BCUT2D eigenvalue weighted by molar-refractivity contribution is -0.121. The van der Waals surface area contributed by atoms with Crippen LogP contribution in [0.25, 0.3) is 0 Å². The number of aryl methyl sites for hydroxylation is 1. The molecule has 0 unspecified atom stereocenters. The van der Waals surface area contributed by atoms with Gasteiger partial charge in [-0.2, -0.15) is 0 Å². The molecule has 2 amide bonds. The molecule has 0 bridgehead atoms. The van der Waals surface area contributed by atoms with E-state index in [2.05, 4.69) is 0 Å². The van der Waals surface area contributed by atoms with Crippen molar-refractivity contribution in [1.82, 2.24) is 4.90 Å². The molecule has 0 aliphatic carbocycles. The quantitative estimate of drug-likeness (QED) is 0.849. The highest BCUT2D eigenvalue weighted by molar-refractivity contribution is 6.02. The van der Waals surface area contributed by atoms with Crippen LogP contribution >= 0.6 is 0 Å².